The molecule has 0 atom stereocenters. The predicted octanol–water partition coefficient (Wildman–Crippen LogP) is 2.64. The van der Waals surface area contributed by atoms with Gasteiger partial charge in [0.15, 0.2) is 0 Å². The maximum Gasteiger partial charge on any atom is 0.496 e. The first kappa shape index (κ1) is 15.5. The van der Waals surface area contributed by atoms with Crippen LogP contribution in [-0.4, -0.2) is 29.9 Å². The van der Waals surface area contributed by atoms with Crippen LogP contribution in [0.4, 0.5) is 8.78 Å². The fourth-order valence-electron chi connectivity index (χ4n) is 1.72. The number of aromatic nitrogens is 1. The predicted molar refractivity (Wildman–Crippen MR) is 71.6 cm³/mol. The first-order valence-corrected chi connectivity index (χ1v) is 6.46. The van der Waals surface area contributed by atoms with Crippen molar-refractivity contribution < 1.29 is 22.8 Å². The summed E-state index contributed by atoms with van der Waals surface area (Å²) in [5.74, 6) is -0.318. The first-order valence-electron chi connectivity index (χ1n) is 6.08. The summed E-state index contributed by atoms with van der Waals surface area (Å²) < 4.78 is 40.1. The Bertz CT molecular complexity index is 497. The van der Waals surface area contributed by atoms with Gasteiger partial charge in [-0.15, -0.1) is 0 Å². The monoisotopic (exact) mass is 305 g/mol. The van der Waals surface area contributed by atoms with Crippen LogP contribution in [0.15, 0.2) is 12.3 Å². The molecule has 0 saturated carbocycles. The van der Waals surface area contributed by atoms with Crippen molar-refractivity contribution in [1.82, 2.24) is 4.98 Å². The summed E-state index contributed by atoms with van der Waals surface area (Å²) >= 11 is 5.86. The van der Waals surface area contributed by atoms with E-state index >= 15 is 0 Å². The molecule has 0 aromatic carbocycles. The van der Waals surface area contributed by atoms with Gasteiger partial charge in [-0.1, -0.05) is 11.6 Å². The van der Waals surface area contributed by atoms with Crippen molar-refractivity contribution in [3.8, 4) is 5.88 Å². The Balaban J connectivity index is 2.22. The Hall–Kier alpha value is -0.915. The normalized spacial score (nSPS) is 20.5. The molecular formula is C12H15BClF2NO3. The number of rotatable bonds is 3. The molecule has 2 heterocycles. The van der Waals surface area contributed by atoms with Crippen molar-refractivity contribution in [2.45, 2.75) is 45.5 Å². The topological polar surface area (TPSA) is 40.6 Å². The van der Waals surface area contributed by atoms with Gasteiger partial charge in [0.2, 0.25) is 5.88 Å². The zero-order valence-corrected chi connectivity index (χ0v) is 12.4. The lowest BCUT2D eigenvalue weighted by atomic mass is 9.80. The van der Waals surface area contributed by atoms with Gasteiger partial charge < -0.3 is 14.0 Å². The zero-order valence-electron chi connectivity index (χ0n) is 11.6. The Morgan fingerprint density at radius 1 is 1.25 bits per heavy atom. The lowest BCUT2D eigenvalue weighted by Crippen LogP contribution is -2.41. The summed E-state index contributed by atoms with van der Waals surface area (Å²) in [6.45, 7) is 4.68. The minimum atomic E-state index is -2.97. The lowest BCUT2D eigenvalue weighted by molar-refractivity contribution is -0.0527. The molecule has 0 unspecified atom stereocenters. The summed E-state index contributed by atoms with van der Waals surface area (Å²) in [5.41, 5.74) is -0.444. The van der Waals surface area contributed by atoms with E-state index in [4.69, 9.17) is 20.9 Å². The zero-order chi connectivity index (χ0) is 15.1. The highest BCUT2D eigenvalue weighted by Crippen LogP contribution is 2.36. The molecule has 1 aromatic heterocycles. The minimum Gasteiger partial charge on any atom is -0.415 e. The number of nitrogens with zero attached hydrogens (tertiary/aromatic N) is 1. The maximum absolute atomic E-state index is 12.1. The molecule has 0 radical (unpaired) electrons. The molecule has 1 aromatic rings. The van der Waals surface area contributed by atoms with Crippen LogP contribution in [0.25, 0.3) is 0 Å². The molecule has 0 bridgehead atoms. The van der Waals surface area contributed by atoms with Crippen LogP contribution in [0, 0.1) is 0 Å². The molecule has 0 spiro atoms. The third-order valence-corrected chi connectivity index (χ3v) is 3.83. The molecule has 4 nitrogen and oxygen atoms in total. The van der Waals surface area contributed by atoms with Crippen LogP contribution in [-0.2, 0) is 9.31 Å². The van der Waals surface area contributed by atoms with Gasteiger partial charge in [0.1, 0.15) is 5.02 Å². The van der Waals surface area contributed by atoms with Crippen molar-refractivity contribution in [3.05, 3.63) is 17.3 Å². The summed E-state index contributed by atoms with van der Waals surface area (Å²) in [6, 6.07) is 1.45. The van der Waals surface area contributed by atoms with Crippen molar-refractivity contribution in [3.63, 3.8) is 0 Å². The fourth-order valence-corrected chi connectivity index (χ4v) is 1.94. The standard InChI is InChI=1S/C12H15BClF2NO3/c1-11(2)12(3,4)20-13(19-11)7-5-8(14)9(17-6-7)18-10(15)16/h5-6,10H,1-4H3. The number of halogens is 3. The average Bonchev–Trinajstić information content (AvgIpc) is 2.50. The van der Waals surface area contributed by atoms with Gasteiger partial charge >= 0.3 is 13.7 Å². The number of pyridine rings is 1. The van der Waals surface area contributed by atoms with E-state index in [1.165, 1.54) is 12.3 Å². The summed E-state index contributed by atoms with van der Waals surface area (Å²) in [5, 5.41) is -0.0162. The molecule has 20 heavy (non-hydrogen) atoms. The van der Waals surface area contributed by atoms with E-state index in [1.807, 2.05) is 27.7 Å². The Morgan fingerprint density at radius 3 is 2.25 bits per heavy atom. The molecule has 1 fully saturated rings. The second-order valence-corrected chi connectivity index (χ2v) is 5.93. The van der Waals surface area contributed by atoms with Crippen LogP contribution in [0.1, 0.15) is 27.7 Å². The highest BCUT2D eigenvalue weighted by Gasteiger charge is 2.51. The van der Waals surface area contributed by atoms with Crippen LogP contribution in [0.3, 0.4) is 0 Å². The van der Waals surface area contributed by atoms with E-state index in [-0.39, 0.29) is 10.9 Å². The van der Waals surface area contributed by atoms with Gasteiger partial charge in [0.25, 0.3) is 0 Å². The molecule has 1 aliphatic rings. The van der Waals surface area contributed by atoms with Crippen molar-refractivity contribution >= 4 is 24.2 Å². The van der Waals surface area contributed by atoms with Crippen LogP contribution in [0.5, 0.6) is 5.88 Å². The highest BCUT2D eigenvalue weighted by molar-refractivity contribution is 6.62. The van der Waals surface area contributed by atoms with Crippen molar-refractivity contribution in [2.75, 3.05) is 0 Å². The number of hydrogen-bond acceptors (Lipinski definition) is 4. The van der Waals surface area contributed by atoms with E-state index < -0.39 is 24.9 Å². The number of alkyl halides is 2. The molecule has 110 valence electrons. The van der Waals surface area contributed by atoms with E-state index in [0.717, 1.165) is 0 Å². The third kappa shape index (κ3) is 2.89. The first-order chi connectivity index (χ1) is 9.12. The van der Waals surface area contributed by atoms with Gasteiger partial charge in [-0.05, 0) is 33.8 Å². The summed E-state index contributed by atoms with van der Waals surface area (Å²) in [4.78, 5) is 3.76. The maximum atomic E-state index is 12.1. The van der Waals surface area contributed by atoms with Gasteiger partial charge in [0, 0.05) is 11.7 Å². The van der Waals surface area contributed by atoms with Gasteiger partial charge in [-0.3, -0.25) is 0 Å². The second-order valence-electron chi connectivity index (χ2n) is 5.52. The minimum absolute atomic E-state index is 0.0162. The number of hydrogen-bond donors (Lipinski definition) is 0. The Labute approximate surface area is 121 Å². The lowest BCUT2D eigenvalue weighted by Gasteiger charge is -2.32. The molecule has 1 aliphatic heterocycles. The highest BCUT2D eigenvalue weighted by atomic mass is 35.5. The van der Waals surface area contributed by atoms with Crippen molar-refractivity contribution in [1.29, 1.82) is 0 Å². The van der Waals surface area contributed by atoms with E-state index in [2.05, 4.69) is 9.72 Å². The quantitative estimate of drug-likeness (QED) is 0.805. The van der Waals surface area contributed by atoms with Gasteiger partial charge in [-0.2, -0.15) is 8.78 Å². The van der Waals surface area contributed by atoms with Crippen LogP contribution < -0.4 is 10.2 Å². The third-order valence-electron chi connectivity index (χ3n) is 3.55. The average molecular weight is 306 g/mol. The molecule has 8 heteroatoms. The SMILES string of the molecule is CC1(C)OB(c2cnc(OC(F)F)c(Cl)c2)OC1(C)C. The molecule has 1 saturated heterocycles. The molecular weight excluding hydrogens is 290 g/mol. The summed E-state index contributed by atoms with van der Waals surface area (Å²) in [6.07, 6.45) is 1.35. The molecule has 0 N–H and O–H groups in total. The Kier molecular flexibility index (Phi) is 3.97. The fraction of sp³-hybridized carbons (Fsp3) is 0.583. The smallest absolute Gasteiger partial charge is 0.415 e. The largest absolute Gasteiger partial charge is 0.496 e. The summed E-state index contributed by atoms with van der Waals surface area (Å²) in [7, 11) is -0.648. The van der Waals surface area contributed by atoms with E-state index in [1.54, 1.807) is 0 Å². The van der Waals surface area contributed by atoms with Crippen molar-refractivity contribution in [2.24, 2.45) is 0 Å². The van der Waals surface area contributed by atoms with Crippen LogP contribution >= 0.6 is 11.6 Å². The van der Waals surface area contributed by atoms with E-state index in [0.29, 0.717) is 5.46 Å². The molecule has 2 rings (SSSR count). The number of ether oxygens (including phenoxy) is 1. The van der Waals surface area contributed by atoms with Gasteiger partial charge in [0.05, 0.1) is 11.2 Å². The molecule has 0 aliphatic carbocycles. The molecule has 0 amide bonds. The second kappa shape index (κ2) is 5.13. The van der Waals surface area contributed by atoms with Gasteiger partial charge in [-0.25, -0.2) is 4.98 Å². The van der Waals surface area contributed by atoms with E-state index in [9.17, 15) is 8.78 Å². The Morgan fingerprint density at radius 2 is 1.80 bits per heavy atom. The van der Waals surface area contributed by atoms with Crippen LogP contribution in [0.2, 0.25) is 5.02 Å².